The average Bonchev–Trinajstić information content (AvgIpc) is 2.85. The third kappa shape index (κ3) is 3.48. The Kier molecular flexibility index (Phi) is 4.31. The van der Waals surface area contributed by atoms with Crippen LogP contribution in [0.15, 0.2) is 18.3 Å². The molecular formula is C14H20N4O3. The molecular weight excluding hydrogens is 272 g/mol. The second-order valence-corrected chi connectivity index (χ2v) is 5.48. The van der Waals surface area contributed by atoms with Crippen molar-refractivity contribution in [1.29, 1.82) is 0 Å². The molecule has 2 fully saturated rings. The highest BCUT2D eigenvalue weighted by molar-refractivity contribution is 5.78. The fourth-order valence-corrected chi connectivity index (χ4v) is 2.80. The van der Waals surface area contributed by atoms with Gasteiger partial charge in [0.2, 0.25) is 0 Å². The number of esters is 1. The van der Waals surface area contributed by atoms with Gasteiger partial charge in [0.05, 0.1) is 12.7 Å². The highest BCUT2D eigenvalue weighted by Crippen LogP contribution is 2.22. The average molecular weight is 292 g/mol. The van der Waals surface area contributed by atoms with Crippen molar-refractivity contribution in [1.82, 2.24) is 15.1 Å². The zero-order valence-corrected chi connectivity index (χ0v) is 12.1. The number of carbonyl (C=O) groups is 1. The number of ether oxygens (including phenoxy) is 2. The Hall–Kier alpha value is -1.73. The van der Waals surface area contributed by atoms with Gasteiger partial charge < -0.3 is 14.8 Å². The third-order valence-electron chi connectivity index (χ3n) is 3.84. The van der Waals surface area contributed by atoms with E-state index in [1.807, 2.05) is 19.1 Å². The molecule has 2 aliphatic heterocycles. The van der Waals surface area contributed by atoms with Gasteiger partial charge in [-0.3, -0.25) is 9.69 Å². The number of hydrogen-bond donors (Lipinski definition) is 1. The maximum absolute atomic E-state index is 11.8. The van der Waals surface area contributed by atoms with E-state index in [0.717, 1.165) is 25.3 Å². The van der Waals surface area contributed by atoms with E-state index in [9.17, 15) is 4.79 Å². The highest BCUT2D eigenvalue weighted by atomic mass is 16.6. The summed E-state index contributed by atoms with van der Waals surface area (Å²) < 4.78 is 11.0. The van der Waals surface area contributed by atoms with E-state index < -0.39 is 0 Å². The first kappa shape index (κ1) is 14.2. The van der Waals surface area contributed by atoms with Crippen LogP contribution in [-0.2, 0) is 14.3 Å². The zero-order valence-electron chi connectivity index (χ0n) is 12.1. The van der Waals surface area contributed by atoms with E-state index in [0.29, 0.717) is 13.2 Å². The SMILES string of the molecule is C[C@@H]1C[C@@H](N2CCO[C@H](CNc3cccnn3)C2)C(=O)O1. The van der Waals surface area contributed by atoms with E-state index in [1.54, 1.807) is 6.20 Å². The van der Waals surface area contributed by atoms with Crippen LogP contribution in [0.3, 0.4) is 0 Å². The minimum atomic E-state index is -0.122. The van der Waals surface area contributed by atoms with Crippen molar-refractivity contribution < 1.29 is 14.3 Å². The number of cyclic esters (lactones) is 1. The molecule has 0 saturated carbocycles. The van der Waals surface area contributed by atoms with Gasteiger partial charge in [0.15, 0.2) is 0 Å². The van der Waals surface area contributed by atoms with Crippen molar-refractivity contribution in [2.24, 2.45) is 0 Å². The number of nitrogens with one attached hydrogen (secondary N) is 1. The van der Waals surface area contributed by atoms with Gasteiger partial charge in [-0.05, 0) is 19.1 Å². The predicted molar refractivity (Wildman–Crippen MR) is 75.8 cm³/mol. The van der Waals surface area contributed by atoms with Gasteiger partial charge in [0.1, 0.15) is 18.0 Å². The van der Waals surface area contributed by atoms with E-state index in [2.05, 4.69) is 20.4 Å². The normalized spacial score (nSPS) is 30.1. The number of nitrogens with zero attached hydrogens (tertiary/aromatic N) is 3. The summed E-state index contributed by atoms with van der Waals surface area (Å²) in [5.74, 6) is 0.622. The van der Waals surface area contributed by atoms with Gasteiger partial charge in [-0.1, -0.05) is 0 Å². The summed E-state index contributed by atoms with van der Waals surface area (Å²) in [4.78, 5) is 14.0. The van der Waals surface area contributed by atoms with Gasteiger partial charge in [-0.2, -0.15) is 5.10 Å². The van der Waals surface area contributed by atoms with Crippen molar-refractivity contribution in [3.05, 3.63) is 18.3 Å². The summed E-state index contributed by atoms with van der Waals surface area (Å²) in [5, 5.41) is 11.0. The van der Waals surface area contributed by atoms with Crippen LogP contribution >= 0.6 is 0 Å². The molecule has 2 aliphatic rings. The molecule has 7 nitrogen and oxygen atoms in total. The van der Waals surface area contributed by atoms with Crippen LogP contribution in [0.1, 0.15) is 13.3 Å². The lowest BCUT2D eigenvalue weighted by atomic mass is 10.1. The monoisotopic (exact) mass is 292 g/mol. The summed E-state index contributed by atoms with van der Waals surface area (Å²) in [5.41, 5.74) is 0. The van der Waals surface area contributed by atoms with E-state index >= 15 is 0 Å². The van der Waals surface area contributed by atoms with Gasteiger partial charge >= 0.3 is 5.97 Å². The number of carbonyl (C=O) groups excluding carboxylic acids is 1. The van der Waals surface area contributed by atoms with E-state index in [1.165, 1.54) is 0 Å². The molecule has 0 amide bonds. The van der Waals surface area contributed by atoms with Crippen molar-refractivity contribution in [2.75, 3.05) is 31.6 Å². The van der Waals surface area contributed by atoms with Crippen LogP contribution in [0.25, 0.3) is 0 Å². The van der Waals surface area contributed by atoms with Gasteiger partial charge in [0, 0.05) is 32.3 Å². The van der Waals surface area contributed by atoms with E-state index in [-0.39, 0.29) is 24.2 Å². The van der Waals surface area contributed by atoms with Gasteiger partial charge in [-0.25, -0.2) is 0 Å². The zero-order chi connectivity index (χ0) is 14.7. The maximum Gasteiger partial charge on any atom is 0.323 e. The second-order valence-electron chi connectivity index (χ2n) is 5.48. The molecule has 0 radical (unpaired) electrons. The lowest BCUT2D eigenvalue weighted by molar-refractivity contribution is -0.146. The molecule has 3 atom stereocenters. The second kappa shape index (κ2) is 6.36. The first-order valence-electron chi connectivity index (χ1n) is 7.30. The van der Waals surface area contributed by atoms with Crippen LogP contribution < -0.4 is 5.32 Å². The first-order chi connectivity index (χ1) is 10.2. The number of anilines is 1. The van der Waals surface area contributed by atoms with Crippen molar-refractivity contribution in [3.63, 3.8) is 0 Å². The molecule has 1 N–H and O–H groups in total. The quantitative estimate of drug-likeness (QED) is 0.799. The molecule has 3 rings (SSSR count). The lowest BCUT2D eigenvalue weighted by Crippen LogP contribution is -2.51. The number of aromatic nitrogens is 2. The molecule has 21 heavy (non-hydrogen) atoms. The lowest BCUT2D eigenvalue weighted by Gasteiger charge is -2.35. The molecule has 0 aromatic carbocycles. The Bertz CT molecular complexity index is 484. The fourth-order valence-electron chi connectivity index (χ4n) is 2.80. The van der Waals surface area contributed by atoms with Crippen LogP contribution in [0.4, 0.5) is 5.82 Å². The Labute approximate surface area is 123 Å². The Morgan fingerprint density at radius 1 is 1.52 bits per heavy atom. The largest absolute Gasteiger partial charge is 0.461 e. The number of morpholine rings is 1. The molecule has 3 heterocycles. The number of rotatable bonds is 4. The standard InChI is InChI=1S/C14H20N4O3/c1-10-7-12(14(19)21-10)18-5-6-20-11(9-18)8-15-13-3-2-4-16-17-13/h2-4,10-12H,5-9H2,1H3,(H,15,17)/t10-,11-,12-/m1/s1. The summed E-state index contributed by atoms with van der Waals surface area (Å²) >= 11 is 0. The van der Waals surface area contributed by atoms with E-state index in [4.69, 9.17) is 9.47 Å². The van der Waals surface area contributed by atoms with Crippen LogP contribution in [-0.4, -0.2) is 65.6 Å². The first-order valence-corrected chi connectivity index (χ1v) is 7.30. The van der Waals surface area contributed by atoms with Gasteiger partial charge in [0.25, 0.3) is 0 Å². The molecule has 114 valence electrons. The predicted octanol–water partition coefficient (Wildman–Crippen LogP) is 0.293. The Morgan fingerprint density at radius 2 is 2.43 bits per heavy atom. The summed E-state index contributed by atoms with van der Waals surface area (Å²) in [6.45, 7) is 4.71. The maximum atomic E-state index is 11.8. The molecule has 1 aromatic rings. The molecule has 1 aromatic heterocycles. The van der Waals surface area contributed by atoms with Gasteiger partial charge in [-0.15, -0.1) is 5.10 Å². The molecule has 2 saturated heterocycles. The smallest absolute Gasteiger partial charge is 0.323 e. The highest BCUT2D eigenvalue weighted by Gasteiger charge is 2.38. The molecule has 0 bridgehead atoms. The van der Waals surface area contributed by atoms with Crippen molar-refractivity contribution in [3.8, 4) is 0 Å². The summed E-state index contributed by atoms with van der Waals surface area (Å²) in [6, 6.07) is 3.58. The summed E-state index contributed by atoms with van der Waals surface area (Å²) in [7, 11) is 0. The van der Waals surface area contributed by atoms with Crippen LogP contribution in [0, 0.1) is 0 Å². The minimum Gasteiger partial charge on any atom is -0.461 e. The Morgan fingerprint density at radius 3 is 3.14 bits per heavy atom. The number of hydrogen-bond acceptors (Lipinski definition) is 7. The van der Waals surface area contributed by atoms with Crippen LogP contribution in [0.5, 0.6) is 0 Å². The van der Waals surface area contributed by atoms with Crippen LogP contribution in [0.2, 0.25) is 0 Å². The Balaban J connectivity index is 1.52. The molecule has 7 heteroatoms. The topological polar surface area (TPSA) is 76.6 Å². The third-order valence-corrected chi connectivity index (χ3v) is 3.84. The molecule has 0 aliphatic carbocycles. The van der Waals surface area contributed by atoms with Crippen molar-refractivity contribution in [2.45, 2.75) is 31.6 Å². The summed E-state index contributed by atoms with van der Waals surface area (Å²) in [6.07, 6.45) is 2.45. The molecule has 0 spiro atoms. The van der Waals surface area contributed by atoms with Crippen molar-refractivity contribution >= 4 is 11.8 Å². The minimum absolute atomic E-state index is 0.0153. The fraction of sp³-hybridized carbons (Fsp3) is 0.643. The molecule has 0 unspecified atom stereocenters.